The van der Waals surface area contributed by atoms with Crippen molar-refractivity contribution in [2.75, 3.05) is 6.54 Å². The lowest BCUT2D eigenvalue weighted by Gasteiger charge is -2.43. The van der Waals surface area contributed by atoms with Gasteiger partial charge >= 0.3 is 0 Å². The maximum absolute atomic E-state index is 3.74. The van der Waals surface area contributed by atoms with E-state index in [4.69, 9.17) is 0 Å². The van der Waals surface area contributed by atoms with Crippen LogP contribution in [0.3, 0.4) is 0 Å². The molecule has 1 nitrogen and oxygen atoms in total. The van der Waals surface area contributed by atoms with Gasteiger partial charge in [0.2, 0.25) is 0 Å². The Morgan fingerprint density at radius 3 is 2.73 bits per heavy atom. The first-order valence-electron chi connectivity index (χ1n) is 6.04. The van der Waals surface area contributed by atoms with Crippen LogP contribution in [-0.4, -0.2) is 6.54 Å². The predicted octanol–water partition coefficient (Wildman–Crippen LogP) is 3.09. The molecule has 0 amide bonds. The summed E-state index contributed by atoms with van der Waals surface area (Å²) in [5.74, 6) is 0.643. The molecule has 0 aliphatic carbocycles. The molecular weight excluding hydrogens is 182 g/mol. The van der Waals surface area contributed by atoms with Gasteiger partial charge in [0, 0.05) is 12.1 Å². The molecule has 1 aliphatic heterocycles. The zero-order valence-electron chi connectivity index (χ0n) is 10.0. The van der Waals surface area contributed by atoms with Gasteiger partial charge in [-0.05, 0) is 29.9 Å². The number of hydrogen-bond donors (Lipinski definition) is 1. The van der Waals surface area contributed by atoms with Crippen molar-refractivity contribution in [2.24, 2.45) is 5.92 Å². The summed E-state index contributed by atoms with van der Waals surface area (Å²) in [4.78, 5) is 0. The largest absolute Gasteiger partial charge is 0.307 e. The SMILES string of the molecule is CCC1(C(C)C)NCCc2ccccc21. The van der Waals surface area contributed by atoms with E-state index in [1.54, 1.807) is 0 Å². The molecular formula is C14H21N. The second kappa shape index (κ2) is 3.97. The van der Waals surface area contributed by atoms with Gasteiger partial charge in [0.25, 0.3) is 0 Å². The molecule has 82 valence electrons. The minimum absolute atomic E-state index is 0.203. The zero-order valence-corrected chi connectivity index (χ0v) is 10.0. The molecule has 1 aliphatic rings. The normalized spacial score (nSPS) is 25.3. The molecule has 1 heteroatoms. The second-order valence-corrected chi connectivity index (χ2v) is 4.81. The average Bonchev–Trinajstić information content (AvgIpc) is 2.28. The topological polar surface area (TPSA) is 12.0 Å². The van der Waals surface area contributed by atoms with Crippen molar-refractivity contribution in [2.45, 2.75) is 39.2 Å². The molecule has 0 saturated heterocycles. The van der Waals surface area contributed by atoms with Crippen LogP contribution in [0.25, 0.3) is 0 Å². The van der Waals surface area contributed by atoms with E-state index in [0.29, 0.717) is 5.92 Å². The summed E-state index contributed by atoms with van der Waals surface area (Å²) in [6.07, 6.45) is 2.34. The summed E-state index contributed by atoms with van der Waals surface area (Å²) in [5, 5.41) is 3.74. The summed E-state index contributed by atoms with van der Waals surface area (Å²) in [7, 11) is 0. The van der Waals surface area contributed by atoms with E-state index in [2.05, 4.69) is 50.4 Å². The Morgan fingerprint density at radius 2 is 2.07 bits per heavy atom. The fraction of sp³-hybridized carbons (Fsp3) is 0.571. The zero-order chi connectivity index (χ0) is 10.9. The smallest absolute Gasteiger partial charge is 0.0458 e. The van der Waals surface area contributed by atoms with Gasteiger partial charge in [-0.1, -0.05) is 45.0 Å². The number of nitrogens with one attached hydrogen (secondary N) is 1. The lowest BCUT2D eigenvalue weighted by atomic mass is 9.73. The van der Waals surface area contributed by atoms with Crippen molar-refractivity contribution in [3.8, 4) is 0 Å². The molecule has 1 heterocycles. The molecule has 15 heavy (non-hydrogen) atoms. The van der Waals surface area contributed by atoms with Gasteiger partial charge in [0.05, 0.1) is 0 Å². The molecule has 1 aromatic carbocycles. The quantitative estimate of drug-likeness (QED) is 0.779. The Kier molecular flexibility index (Phi) is 2.83. The number of benzene rings is 1. The second-order valence-electron chi connectivity index (χ2n) is 4.81. The monoisotopic (exact) mass is 203 g/mol. The van der Waals surface area contributed by atoms with E-state index in [-0.39, 0.29) is 5.54 Å². The van der Waals surface area contributed by atoms with Crippen molar-refractivity contribution in [3.05, 3.63) is 35.4 Å². The lowest BCUT2D eigenvalue weighted by Crippen LogP contribution is -2.50. The third-order valence-electron chi connectivity index (χ3n) is 3.88. The van der Waals surface area contributed by atoms with E-state index in [9.17, 15) is 0 Å². The molecule has 1 N–H and O–H groups in total. The van der Waals surface area contributed by atoms with E-state index in [1.807, 2.05) is 0 Å². The Morgan fingerprint density at radius 1 is 1.33 bits per heavy atom. The Labute approximate surface area is 92.9 Å². The first-order chi connectivity index (χ1) is 7.20. The summed E-state index contributed by atoms with van der Waals surface area (Å²) in [6.45, 7) is 8.04. The highest BCUT2D eigenvalue weighted by atomic mass is 15.0. The van der Waals surface area contributed by atoms with Gasteiger partial charge in [-0.15, -0.1) is 0 Å². The summed E-state index contributed by atoms with van der Waals surface area (Å²) in [5.41, 5.74) is 3.26. The van der Waals surface area contributed by atoms with E-state index in [0.717, 1.165) is 6.54 Å². The minimum Gasteiger partial charge on any atom is -0.307 e. The van der Waals surface area contributed by atoms with Crippen LogP contribution < -0.4 is 5.32 Å². The molecule has 0 fully saturated rings. The number of fused-ring (bicyclic) bond motifs is 1. The van der Waals surface area contributed by atoms with Gasteiger partial charge in [0.1, 0.15) is 0 Å². The maximum Gasteiger partial charge on any atom is 0.0458 e. The minimum atomic E-state index is 0.203. The van der Waals surface area contributed by atoms with Crippen molar-refractivity contribution >= 4 is 0 Å². The predicted molar refractivity (Wildman–Crippen MR) is 65.0 cm³/mol. The molecule has 1 aromatic rings. The Balaban J connectivity index is 2.52. The molecule has 0 saturated carbocycles. The Hall–Kier alpha value is -0.820. The Bertz CT molecular complexity index is 343. The van der Waals surface area contributed by atoms with Crippen molar-refractivity contribution in [1.29, 1.82) is 0 Å². The number of hydrogen-bond acceptors (Lipinski definition) is 1. The highest BCUT2D eigenvalue weighted by Crippen LogP contribution is 2.37. The van der Waals surface area contributed by atoms with E-state index in [1.165, 1.54) is 24.0 Å². The van der Waals surface area contributed by atoms with Crippen LogP contribution in [0.15, 0.2) is 24.3 Å². The van der Waals surface area contributed by atoms with Crippen molar-refractivity contribution in [3.63, 3.8) is 0 Å². The van der Waals surface area contributed by atoms with Crippen LogP contribution in [0.4, 0.5) is 0 Å². The highest BCUT2D eigenvalue weighted by molar-refractivity contribution is 5.36. The highest BCUT2D eigenvalue weighted by Gasteiger charge is 2.36. The van der Waals surface area contributed by atoms with Gasteiger partial charge < -0.3 is 5.32 Å². The van der Waals surface area contributed by atoms with E-state index >= 15 is 0 Å². The summed E-state index contributed by atoms with van der Waals surface area (Å²) >= 11 is 0. The molecule has 1 unspecified atom stereocenters. The van der Waals surface area contributed by atoms with Crippen LogP contribution >= 0.6 is 0 Å². The van der Waals surface area contributed by atoms with Crippen LogP contribution in [0.5, 0.6) is 0 Å². The average molecular weight is 203 g/mol. The van der Waals surface area contributed by atoms with Crippen LogP contribution in [0.1, 0.15) is 38.3 Å². The summed E-state index contributed by atoms with van der Waals surface area (Å²) < 4.78 is 0. The third-order valence-corrected chi connectivity index (χ3v) is 3.88. The van der Waals surface area contributed by atoms with Gasteiger partial charge in [-0.2, -0.15) is 0 Å². The van der Waals surface area contributed by atoms with Crippen LogP contribution in [0.2, 0.25) is 0 Å². The molecule has 2 rings (SSSR count). The lowest BCUT2D eigenvalue weighted by molar-refractivity contribution is 0.217. The fourth-order valence-corrected chi connectivity index (χ4v) is 2.93. The van der Waals surface area contributed by atoms with Crippen molar-refractivity contribution in [1.82, 2.24) is 5.32 Å². The van der Waals surface area contributed by atoms with Crippen LogP contribution in [-0.2, 0) is 12.0 Å². The van der Waals surface area contributed by atoms with E-state index < -0.39 is 0 Å². The van der Waals surface area contributed by atoms with Crippen LogP contribution in [0, 0.1) is 5.92 Å². The standard InChI is InChI=1S/C14H21N/c1-4-14(11(2)3)13-8-6-5-7-12(13)9-10-15-14/h5-8,11,15H,4,9-10H2,1-3H3. The first kappa shape index (κ1) is 10.7. The summed E-state index contributed by atoms with van der Waals surface area (Å²) in [6, 6.07) is 8.90. The fourth-order valence-electron chi connectivity index (χ4n) is 2.93. The first-order valence-corrected chi connectivity index (χ1v) is 6.04. The number of rotatable bonds is 2. The van der Waals surface area contributed by atoms with Crippen molar-refractivity contribution < 1.29 is 0 Å². The molecule has 0 spiro atoms. The molecule has 1 atom stereocenters. The molecule has 0 bridgehead atoms. The molecule has 0 radical (unpaired) electrons. The third kappa shape index (κ3) is 1.59. The molecule has 0 aromatic heterocycles. The van der Waals surface area contributed by atoms with Gasteiger partial charge in [-0.25, -0.2) is 0 Å². The maximum atomic E-state index is 3.74. The van der Waals surface area contributed by atoms with Gasteiger partial charge in [0.15, 0.2) is 0 Å². The van der Waals surface area contributed by atoms with Gasteiger partial charge in [-0.3, -0.25) is 0 Å².